The van der Waals surface area contributed by atoms with E-state index in [1.807, 2.05) is 17.0 Å². The molecule has 5 nitrogen and oxygen atoms in total. The Morgan fingerprint density at radius 3 is 2.52 bits per heavy atom. The number of carbonyl (C=O) groups is 1. The molecule has 0 aliphatic carbocycles. The highest BCUT2D eigenvalue weighted by Gasteiger charge is 2.64. The molecule has 1 N–H and O–H groups in total. The maximum Gasteiger partial charge on any atom is 0.186 e. The number of nitrogens with zero attached hydrogens (tertiary/aromatic N) is 3. The number of carbonyl (C=O) groups excluding carboxylic acids is 1. The highest BCUT2D eigenvalue weighted by molar-refractivity contribution is 6.30. The zero-order chi connectivity index (χ0) is 23.2. The molecule has 160 valence electrons. The van der Waals surface area contributed by atoms with Crippen LogP contribution in [0.15, 0.2) is 78.9 Å². The fourth-order valence-corrected chi connectivity index (χ4v) is 5.41. The van der Waals surface area contributed by atoms with Crippen LogP contribution in [0.1, 0.15) is 27.4 Å². The van der Waals surface area contributed by atoms with Crippen molar-refractivity contribution in [3.05, 3.63) is 101 Å². The highest BCUT2D eigenvalue weighted by Crippen LogP contribution is 2.56. The number of anilines is 1. The number of benzene rings is 3. The van der Waals surface area contributed by atoms with Crippen LogP contribution in [0.4, 0.5) is 5.69 Å². The van der Waals surface area contributed by atoms with E-state index in [9.17, 15) is 20.4 Å². The van der Waals surface area contributed by atoms with Gasteiger partial charge in [-0.3, -0.25) is 4.79 Å². The number of rotatable bonds is 3. The molecule has 0 spiro atoms. The number of hydrogen-bond donors (Lipinski definition) is 1. The van der Waals surface area contributed by atoms with E-state index in [2.05, 4.69) is 12.1 Å². The lowest BCUT2D eigenvalue weighted by molar-refractivity contribution is 0.0842. The Bertz CT molecular complexity index is 1370. The molecule has 4 atom stereocenters. The van der Waals surface area contributed by atoms with Gasteiger partial charge in [-0.2, -0.15) is 10.5 Å². The van der Waals surface area contributed by atoms with Crippen molar-refractivity contribution in [2.75, 3.05) is 4.90 Å². The molecule has 5 rings (SSSR count). The summed E-state index contributed by atoms with van der Waals surface area (Å²) in [5.41, 5.74) is 0.907. The molecule has 2 heterocycles. The van der Waals surface area contributed by atoms with Crippen molar-refractivity contribution in [3.63, 3.8) is 0 Å². The summed E-state index contributed by atoms with van der Waals surface area (Å²) in [5, 5.41) is 31.5. The molecule has 33 heavy (non-hydrogen) atoms. The van der Waals surface area contributed by atoms with E-state index < -0.39 is 23.4 Å². The predicted octanol–water partition coefficient (Wildman–Crippen LogP) is 5.33. The molecule has 2 aliphatic heterocycles. The van der Waals surface area contributed by atoms with Gasteiger partial charge in [0.05, 0.1) is 18.2 Å². The van der Waals surface area contributed by atoms with Crippen LogP contribution in [0.2, 0.25) is 5.02 Å². The Hall–Kier alpha value is -4.06. The summed E-state index contributed by atoms with van der Waals surface area (Å²) in [6.07, 6.45) is 3.59. The minimum atomic E-state index is -1.57. The van der Waals surface area contributed by atoms with Crippen LogP contribution in [0.25, 0.3) is 6.08 Å². The molecule has 0 saturated carbocycles. The third kappa shape index (κ3) is 3.02. The lowest BCUT2D eigenvalue weighted by Crippen LogP contribution is -2.45. The molecule has 2 aliphatic rings. The SMILES string of the molecule is N#C[C@@H]1[C@H](c2cccc(Cl)c2)[C@](C#N)(C(=O)c2ccccc2)[C@H]2C=Cc3cc(O)ccc3N12. The average molecular weight is 452 g/mol. The van der Waals surface area contributed by atoms with Crippen LogP contribution in [0, 0.1) is 28.1 Å². The molecule has 3 aromatic carbocycles. The lowest BCUT2D eigenvalue weighted by Gasteiger charge is -2.35. The number of aromatic hydroxyl groups is 1. The first kappa shape index (κ1) is 20.8. The summed E-state index contributed by atoms with van der Waals surface area (Å²) in [7, 11) is 0. The van der Waals surface area contributed by atoms with Crippen molar-refractivity contribution < 1.29 is 9.90 Å². The van der Waals surface area contributed by atoms with E-state index in [-0.39, 0.29) is 11.5 Å². The number of ketones is 1. The van der Waals surface area contributed by atoms with E-state index in [0.717, 1.165) is 5.56 Å². The smallest absolute Gasteiger partial charge is 0.186 e. The Morgan fingerprint density at radius 1 is 1.03 bits per heavy atom. The van der Waals surface area contributed by atoms with Crippen LogP contribution in [0.5, 0.6) is 5.75 Å². The molecular weight excluding hydrogens is 434 g/mol. The van der Waals surface area contributed by atoms with Gasteiger partial charge in [0.1, 0.15) is 11.8 Å². The van der Waals surface area contributed by atoms with Gasteiger partial charge in [-0.15, -0.1) is 0 Å². The van der Waals surface area contributed by atoms with E-state index in [1.165, 1.54) is 0 Å². The van der Waals surface area contributed by atoms with Crippen LogP contribution in [0.3, 0.4) is 0 Å². The molecule has 0 aromatic heterocycles. The van der Waals surface area contributed by atoms with E-state index in [4.69, 9.17) is 11.6 Å². The largest absolute Gasteiger partial charge is 0.508 e. The molecule has 0 amide bonds. The number of Topliss-reactive ketones (excluding diaryl/α,β-unsaturated/α-hetero) is 1. The third-order valence-corrected chi connectivity index (χ3v) is 6.79. The zero-order valence-corrected chi connectivity index (χ0v) is 18.1. The van der Waals surface area contributed by atoms with Gasteiger partial charge in [0, 0.05) is 27.8 Å². The van der Waals surface area contributed by atoms with Crippen LogP contribution in [-0.2, 0) is 0 Å². The topological polar surface area (TPSA) is 88.1 Å². The minimum absolute atomic E-state index is 0.0999. The summed E-state index contributed by atoms with van der Waals surface area (Å²) < 4.78 is 0. The standard InChI is InChI=1S/C27H18ClN3O2/c28-20-8-4-7-19(13-20)25-23(15-29)31-22-11-10-21(32)14-18(22)9-12-24(31)27(25,16-30)26(33)17-5-2-1-3-6-17/h1-14,23-25,32H/t23-,24-,25+,27-/m1/s1. The second kappa shape index (κ2) is 7.81. The van der Waals surface area contributed by atoms with Crippen LogP contribution in [-0.4, -0.2) is 23.0 Å². The summed E-state index contributed by atoms with van der Waals surface area (Å²) in [6.45, 7) is 0. The Kier molecular flexibility index (Phi) is 4.93. The molecule has 3 aromatic rings. The number of nitriles is 2. The molecule has 1 saturated heterocycles. The van der Waals surface area contributed by atoms with Gasteiger partial charge < -0.3 is 10.0 Å². The van der Waals surface area contributed by atoms with Gasteiger partial charge in [-0.1, -0.05) is 66.2 Å². The number of hydrogen-bond acceptors (Lipinski definition) is 5. The van der Waals surface area contributed by atoms with Crippen molar-refractivity contribution in [3.8, 4) is 17.9 Å². The first-order chi connectivity index (χ1) is 16.0. The summed E-state index contributed by atoms with van der Waals surface area (Å²) in [5.74, 6) is -0.994. The maximum absolute atomic E-state index is 14.1. The van der Waals surface area contributed by atoms with Crippen molar-refractivity contribution in [1.29, 1.82) is 10.5 Å². The fourth-order valence-electron chi connectivity index (χ4n) is 5.21. The molecule has 6 heteroatoms. The normalized spacial score (nSPS) is 24.9. The number of fused-ring (bicyclic) bond motifs is 3. The monoisotopic (exact) mass is 451 g/mol. The second-order valence-corrected chi connectivity index (χ2v) is 8.67. The highest BCUT2D eigenvalue weighted by atomic mass is 35.5. The van der Waals surface area contributed by atoms with Crippen molar-refractivity contribution in [2.45, 2.75) is 18.0 Å². The van der Waals surface area contributed by atoms with Crippen LogP contribution >= 0.6 is 11.6 Å². The van der Waals surface area contributed by atoms with Crippen LogP contribution < -0.4 is 4.90 Å². The molecule has 1 fully saturated rings. The van der Waals surface area contributed by atoms with Gasteiger partial charge in [-0.25, -0.2) is 0 Å². The second-order valence-electron chi connectivity index (χ2n) is 8.24. The quantitative estimate of drug-likeness (QED) is 0.544. The van der Waals surface area contributed by atoms with E-state index >= 15 is 0 Å². The summed E-state index contributed by atoms with van der Waals surface area (Å²) in [6, 6.07) is 23.9. The maximum atomic E-state index is 14.1. The Labute approximate surface area is 196 Å². The number of phenolic OH excluding ortho intramolecular Hbond substituents is 1. The third-order valence-electron chi connectivity index (χ3n) is 6.56. The molecule has 0 bridgehead atoms. The van der Waals surface area contributed by atoms with Gasteiger partial charge in [-0.05, 0) is 35.9 Å². The minimum Gasteiger partial charge on any atom is -0.508 e. The van der Waals surface area contributed by atoms with Gasteiger partial charge in [0.2, 0.25) is 0 Å². The molecule has 0 unspecified atom stereocenters. The van der Waals surface area contributed by atoms with Gasteiger partial charge in [0.25, 0.3) is 0 Å². The van der Waals surface area contributed by atoms with E-state index in [0.29, 0.717) is 21.8 Å². The van der Waals surface area contributed by atoms with Crippen molar-refractivity contribution in [2.24, 2.45) is 5.41 Å². The van der Waals surface area contributed by atoms with Gasteiger partial charge >= 0.3 is 0 Å². The molecule has 0 radical (unpaired) electrons. The average Bonchev–Trinajstić information content (AvgIpc) is 3.14. The first-order valence-electron chi connectivity index (χ1n) is 10.5. The van der Waals surface area contributed by atoms with E-state index in [1.54, 1.807) is 72.8 Å². The lowest BCUT2D eigenvalue weighted by atomic mass is 9.65. The summed E-state index contributed by atoms with van der Waals surface area (Å²) >= 11 is 6.29. The zero-order valence-electron chi connectivity index (χ0n) is 17.4. The number of halogens is 1. The first-order valence-corrected chi connectivity index (χ1v) is 10.8. The number of phenols is 1. The Morgan fingerprint density at radius 2 is 1.82 bits per heavy atom. The summed E-state index contributed by atoms with van der Waals surface area (Å²) in [4.78, 5) is 15.9. The Balaban J connectivity index is 1.80. The fraction of sp³-hybridized carbons (Fsp3) is 0.148. The van der Waals surface area contributed by atoms with Crippen molar-refractivity contribution >= 4 is 29.1 Å². The van der Waals surface area contributed by atoms with Gasteiger partial charge in [0.15, 0.2) is 11.2 Å². The molecular formula is C27H18ClN3O2. The predicted molar refractivity (Wildman–Crippen MR) is 126 cm³/mol. The van der Waals surface area contributed by atoms with Crippen molar-refractivity contribution in [1.82, 2.24) is 0 Å².